The van der Waals surface area contributed by atoms with E-state index >= 15 is 0 Å². The van der Waals surface area contributed by atoms with Gasteiger partial charge in [-0.3, -0.25) is 4.79 Å². The molecule has 0 spiro atoms. The fourth-order valence-corrected chi connectivity index (χ4v) is 2.39. The summed E-state index contributed by atoms with van der Waals surface area (Å²) in [6.45, 7) is 1.92. The number of carbonyl (C=O) groups excluding carboxylic acids is 1. The Morgan fingerprint density at radius 1 is 1.14 bits per heavy atom. The van der Waals surface area contributed by atoms with E-state index in [-0.39, 0.29) is 5.56 Å². The van der Waals surface area contributed by atoms with E-state index in [1.807, 2.05) is 25.1 Å². The first-order valence-corrected chi connectivity index (χ1v) is 7.44. The second kappa shape index (κ2) is 5.77. The maximum absolute atomic E-state index is 12.3. The van der Waals surface area contributed by atoms with Crippen molar-refractivity contribution in [2.45, 2.75) is 6.92 Å². The molecule has 110 valence electrons. The Balaban J connectivity index is 1.96. The van der Waals surface area contributed by atoms with Crippen molar-refractivity contribution in [3.8, 4) is 0 Å². The number of rotatable bonds is 2. The predicted octanol–water partition coefficient (Wildman–Crippen LogP) is 4.12. The summed E-state index contributed by atoms with van der Waals surface area (Å²) in [6, 6.07) is 14.0. The lowest BCUT2D eigenvalue weighted by Crippen LogP contribution is -2.20. The van der Waals surface area contributed by atoms with E-state index in [2.05, 4.69) is 21.2 Å². The number of aryl methyl sites for hydroxylation is 1. The molecule has 1 N–H and O–H groups in total. The summed E-state index contributed by atoms with van der Waals surface area (Å²) in [5.41, 5.74) is 1.41. The molecule has 3 aromatic rings. The van der Waals surface area contributed by atoms with Crippen LogP contribution in [0.4, 0.5) is 5.69 Å². The lowest BCUT2D eigenvalue weighted by atomic mass is 10.1. The van der Waals surface area contributed by atoms with Gasteiger partial charge in [0.25, 0.3) is 5.91 Å². The van der Waals surface area contributed by atoms with Crippen LogP contribution in [-0.2, 0) is 0 Å². The van der Waals surface area contributed by atoms with Crippen LogP contribution in [0, 0.1) is 6.92 Å². The van der Waals surface area contributed by atoms with Crippen molar-refractivity contribution in [2.75, 3.05) is 5.32 Å². The van der Waals surface area contributed by atoms with E-state index in [0.717, 1.165) is 10.0 Å². The highest BCUT2D eigenvalue weighted by atomic mass is 79.9. The number of fused-ring (bicyclic) bond motifs is 1. The zero-order valence-corrected chi connectivity index (χ0v) is 13.3. The molecule has 0 radical (unpaired) electrons. The van der Waals surface area contributed by atoms with E-state index in [0.29, 0.717) is 16.7 Å². The van der Waals surface area contributed by atoms with Gasteiger partial charge in [-0.15, -0.1) is 0 Å². The van der Waals surface area contributed by atoms with Crippen LogP contribution in [-0.4, -0.2) is 5.91 Å². The average Bonchev–Trinajstić information content (AvgIpc) is 2.50. The summed E-state index contributed by atoms with van der Waals surface area (Å²) in [5, 5.41) is 3.42. The van der Waals surface area contributed by atoms with E-state index in [1.54, 1.807) is 30.3 Å². The summed E-state index contributed by atoms with van der Waals surface area (Å²) in [5.74, 6) is -0.485. The lowest BCUT2D eigenvalue weighted by molar-refractivity contribution is 0.102. The number of carbonyl (C=O) groups is 1. The van der Waals surface area contributed by atoms with Gasteiger partial charge in [-0.2, -0.15) is 0 Å². The molecule has 0 aliphatic rings. The van der Waals surface area contributed by atoms with Gasteiger partial charge in [0.15, 0.2) is 0 Å². The van der Waals surface area contributed by atoms with Gasteiger partial charge in [0.05, 0.1) is 0 Å². The van der Waals surface area contributed by atoms with Crippen LogP contribution in [0.15, 0.2) is 62.2 Å². The summed E-state index contributed by atoms with van der Waals surface area (Å²) >= 11 is 3.40. The summed E-state index contributed by atoms with van der Waals surface area (Å²) < 4.78 is 6.12. The van der Waals surface area contributed by atoms with E-state index < -0.39 is 11.5 Å². The molecule has 5 heteroatoms. The Morgan fingerprint density at radius 3 is 2.68 bits per heavy atom. The molecule has 1 aromatic heterocycles. The van der Waals surface area contributed by atoms with Crippen molar-refractivity contribution in [2.24, 2.45) is 0 Å². The van der Waals surface area contributed by atoms with Crippen molar-refractivity contribution < 1.29 is 9.21 Å². The molecule has 1 heterocycles. The molecule has 3 rings (SSSR count). The first kappa shape index (κ1) is 14.5. The molecular formula is C17H12BrNO3. The van der Waals surface area contributed by atoms with E-state index in [9.17, 15) is 9.59 Å². The minimum atomic E-state index is -0.648. The molecule has 0 fully saturated rings. The van der Waals surface area contributed by atoms with Gasteiger partial charge in [0.1, 0.15) is 11.1 Å². The third kappa shape index (κ3) is 2.80. The second-order valence-corrected chi connectivity index (χ2v) is 5.76. The zero-order chi connectivity index (χ0) is 15.7. The number of halogens is 1. The van der Waals surface area contributed by atoms with E-state index in [4.69, 9.17) is 4.42 Å². The van der Waals surface area contributed by atoms with Gasteiger partial charge in [0, 0.05) is 15.5 Å². The maximum atomic E-state index is 12.3. The monoisotopic (exact) mass is 357 g/mol. The zero-order valence-electron chi connectivity index (χ0n) is 11.7. The van der Waals surface area contributed by atoms with Crippen LogP contribution in [0.2, 0.25) is 0 Å². The Labute approximate surface area is 134 Å². The number of benzene rings is 2. The van der Waals surface area contributed by atoms with Crippen molar-refractivity contribution in [3.05, 3.63) is 74.6 Å². The van der Waals surface area contributed by atoms with Crippen molar-refractivity contribution >= 4 is 38.5 Å². The standard InChI is InChI=1S/C17H12BrNO3/c1-10-8-12(6-7-14(10)18)19-16(20)13-9-11-4-2-3-5-15(11)22-17(13)21/h2-9H,1H3,(H,19,20). The highest BCUT2D eigenvalue weighted by molar-refractivity contribution is 9.10. The first-order valence-electron chi connectivity index (χ1n) is 6.65. The van der Waals surface area contributed by atoms with Crippen LogP contribution in [0.5, 0.6) is 0 Å². The molecule has 0 bridgehead atoms. The maximum Gasteiger partial charge on any atom is 0.349 e. The first-order chi connectivity index (χ1) is 10.5. The Kier molecular flexibility index (Phi) is 3.81. The number of para-hydroxylation sites is 1. The highest BCUT2D eigenvalue weighted by Crippen LogP contribution is 2.20. The summed E-state index contributed by atoms with van der Waals surface area (Å²) in [4.78, 5) is 24.2. The molecule has 2 aromatic carbocycles. The quantitative estimate of drug-likeness (QED) is 0.701. The highest BCUT2D eigenvalue weighted by Gasteiger charge is 2.14. The van der Waals surface area contributed by atoms with Gasteiger partial charge in [-0.25, -0.2) is 4.79 Å². The minimum absolute atomic E-state index is 0.0146. The normalized spacial score (nSPS) is 10.6. The SMILES string of the molecule is Cc1cc(NC(=O)c2cc3ccccc3oc2=O)ccc1Br. The fraction of sp³-hybridized carbons (Fsp3) is 0.0588. The topological polar surface area (TPSA) is 59.3 Å². The van der Waals surface area contributed by atoms with Crippen LogP contribution in [0.25, 0.3) is 11.0 Å². The van der Waals surface area contributed by atoms with Crippen LogP contribution in [0.3, 0.4) is 0 Å². The molecule has 0 unspecified atom stereocenters. The number of hydrogen-bond acceptors (Lipinski definition) is 3. The Bertz CT molecular complexity index is 931. The average molecular weight is 358 g/mol. The summed E-state index contributed by atoms with van der Waals surface area (Å²) in [7, 11) is 0. The molecule has 1 amide bonds. The van der Waals surface area contributed by atoms with Crippen LogP contribution < -0.4 is 10.9 Å². The van der Waals surface area contributed by atoms with Gasteiger partial charge in [0.2, 0.25) is 0 Å². The van der Waals surface area contributed by atoms with Gasteiger partial charge >= 0.3 is 5.63 Å². The lowest BCUT2D eigenvalue weighted by Gasteiger charge is -2.07. The molecule has 4 nitrogen and oxygen atoms in total. The van der Waals surface area contributed by atoms with Crippen molar-refractivity contribution in [1.82, 2.24) is 0 Å². The molecule has 0 atom stereocenters. The number of nitrogens with one attached hydrogen (secondary N) is 1. The molecule has 0 aliphatic carbocycles. The number of anilines is 1. The molecule has 0 aliphatic heterocycles. The van der Waals surface area contributed by atoms with Gasteiger partial charge in [-0.05, 0) is 42.8 Å². The predicted molar refractivity (Wildman–Crippen MR) is 89.3 cm³/mol. The van der Waals surface area contributed by atoms with Crippen molar-refractivity contribution in [1.29, 1.82) is 0 Å². The smallest absolute Gasteiger partial charge is 0.349 e. The van der Waals surface area contributed by atoms with E-state index in [1.165, 1.54) is 0 Å². The number of hydrogen-bond donors (Lipinski definition) is 1. The Morgan fingerprint density at radius 2 is 1.91 bits per heavy atom. The molecule has 0 saturated heterocycles. The second-order valence-electron chi connectivity index (χ2n) is 4.90. The van der Waals surface area contributed by atoms with Crippen LogP contribution in [0.1, 0.15) is 15.9 Å². The minimum Gasteiger partial charge on any atom is -0.422 e. The van der Waals surface area contributed by atoms with Gasteiger partial charge in [-0.1, -0.05) is 34.1 Å². The largest absolute Gasteiger partial charge is 0.422 e. The molecular weight excluding hydrogens is 346 g/mol. The molecule has 0 saturated carbocycles. The Hall–Kier alpha value is -2.40. The third-order valence-corrected chi connectivity index (χ3v) is 4.19. The van der Waals surface area contributed by atoms with Crippen LogP contribution >= 0.6 is 15.9 Å². The third-order valence-electron chi connectivity index (χ3n) is 3.30. The molecule has 22 heavy (non-hydrogen) atoms. The van der Waals surface area contributed by atoms with Gasteiger partial charge < -0.3 is 9.73 Å². The number of amides is 1. The van der Waals surface area contributed by atoms with Crippen molar-refractivity contribution in [3.63, 3.8) is 0 Å². The fourth-order valence-electron chi connectivity index (χ4n) is 2.14. The summed E-state index contributed by atoms with van der Waals surface area (Å²) in [6.07, 6.45) is 0.